The van der Waals surface area contributed by atoms with Crippen LogP contribution in [-0.2, 0) is 24.4 Å². The van der Waals surface area contributed by atoms with Gasteiger partial charge in [-0.2, -0.15) is 0 Å². The normalized spacial score (nSPS) is 34.7. The van der Waals surface area contributed by atoms with E-state index < -0.39 is 68.2 Å². The van der Waals surface area contributed by atoms with Gasteiger partial charge in [0.05, 0.1) is 17.4 Å². The van der Waals surface area contributed by atoms with Gasteiger partial charge in [-0.3, -0.25) is 24.0 Å². The summed E-state index contributed by atoms with van der Waals surface area (Å²) in [6.07, 6.45) is 9.22. The molecule has 10 atom stereocenters. The fourth-order valence-corrected chi connectivity index (χ4v) is 11.2. The monoisotopic (exact) mass is 819 g/mol. The van der Waals surface area contributed by atoms with Crippen LogP contribution in [0.4, 0.5) is 4.79 Å². The van der Waals surface area contributed by atoms with Gasteiger partial charge in [0.2, 0.25) is 27.7 Å². The van der Waals surface area contributed by atoms with Crippen molar-refractivity contribution in [2.75, 3.05) is 6.54 Å². The first-order chi connectivity index (χ1) is 27.5. The number of sulfonamides is 1. The van der Waals surface area contributed by atoms with Crippen molar-refractivity contribution < 1.29 is 42.2 Å². The van der Waals surface area contributed by atoms with E-state index in [9.17, 15) is 27.9 Å². The van der Waals surface area contributed by atoms with E-state index in [0.717, 1.165) is 18.2 Å². The standard InChI is InChI=1S/C43H57N5O9S/c1-24(2)56-32-10-11-34-27(20-32)12-15-44-38(34)57-33-21-35-37(49)45-43(40(51)46-58(54,55)42(5)13-14-42)22-30(43)9-7-6-8-25(3)16-26(4)36(39(50)47(35)23-33)48(41(52)53)31-18-28-17-29(28)19-31/h7,9-12,15,20,24-26,28-31,33,35-36H,6,8,13-14,16-19,21-23H2,1-5H3,(H,45,49)(H,46,51)(H,52,53)/b9-7-/t25-,26+,28-,29?,30+,31+,33+,35-,36-,43+/m0/s1. The minimum Gasteiger partial charge on any atom is -0.491 e. The van der Waals surface area contributed by atoms with Gasteiger partial charge in [0.25, 0.3) is 5.91 Å². The van der Waals surface area contributed by atoms with Crippen LogP contribution in [0.3, 0.4) is 0 Å². The van der Waals surface area contributed by atoms with Gasteiger partial charge in [-0.25, -0.2) is 18.2 Å². The number of carboxylic acid groups (broad SMARTS) is 1. The fourth-order valence-electron chi connectivity index (χ4n) is 9.91. The second-order valence-electron chi connectivity index (χ2n) is 18.6. The molecule has 8 rings (SSSR count). The van der Waals surface area contributed by atoms with E-state index in [1.165, 1.54) is 9.80 Å². The Hall–Kier alpha value is -4.40. The molecule has 1 unspecified atom stereocenters. The predicted molar refractivity (Wildman–Crippen MR) is 215 cm³/mol. The Morgan fingerprint density at radius 2 is 1.81 bits per heavy atom. The Balaban J connectivity index is 1.14. The van der Waals surface area contributed by atoms with E-state index in [-0.39, 0.29) is 43.4 Å². The van der Waals surface area contributed by atoms with Crippen molar-refractivity contribution in [3.8, 4) is 11.6 Å². The maximum Gasteiger partial charge on any atom is 0.408 e. The number of amides is 4. The highest BCUT2D eigenvalue weighted by molar-refractivity contribution is 7.91. The lowest BCUT2D eigenvalue weighted by molar-refractivity contribution is -0.145. The molecule has 2 aromatic rings. The van der Waals surface area contributed by atoms with Crippen molar-refractivity contribution in [1.82, 2.24) is 24.8 Å². The SMILES string of the molecule is CC(C)Oc1ccc2c(O[C@@H]3C[C@H]4C(=O)N[C@]5(C(=O)NS(=O)(=O)C6(C)CC6)C[C@H]5/C=C\CC[C@H](C)C[C@@H](C)[C@H](N(C(=O)O)[C@H]5CC6C[C@H]6C5)C(=O)N4C3)nccc2c1. The van der Waals surface area contributed by atoms with Crippen LogP contribution in [0.2, 0.25) is 0 Å². The lowest BCUT2D eigenvalue weighted by Gasteiger charge is -2.40. The van der Waals surface area contributed by atoms with Crippen LogP contribution in [0.15, 0.2) is 42.6 Å². The Kier molecular flexibility index (Phi) is 10.4. The average Bonchev–Trinajstić information content (AvgIpc) is 4.11. The number of benzene rings is 1. The van der Waals surface area contributed by atoms with Gasteiger partial charge in [-0.05, 0) is 132 Å². The van der Waals surface area contributed by atoms with E-state index in [1.54, 1.807) is 13.1 Å². The van der Waals surface area contributed by atoms with Crippen LogP contribution in [-0.4, -0.2) is 99.3 Å². The number of aromatic nitrogens is 1. The molecule has 3 N–H and O–H groups in total. The van der Waals surface area contributed by atoms with E-state index in [1.807, 2.05) is 57.2 Å². The number of carbonyl (C=O) groups is 4. The summed E-state index contributed by atoms with van der Waals surface area (Å²) < 4.78 is 40.2. The minimum atomic E-state index is -4.01. The maximum absolute atomic E-state index is 15.3. The zero-order valence-electron chi connectivity index (χ0n) is 34.1. The molecule has 1 aromatic carbocycles. The smallest absolute Gasteiger partial charge is 0.408 e. The molecule has 4 saturated carbocycles. The molecule has 6 aliphatic rings. The number of allylic oxidation sites excluding steroid dienone is 1. The number of fused-ring (bicyclic) bond motifs is 4. The first kappa shape index (κ1) is 40.4. The summed E-state index contributed by atoms with van der Waals surface area (Å²) in [4.78, 5) is 64.6. The van der Waals surface area contributed by atoms with Gasteiger partial charge >= 0.3 is 6.09 Å². The summed E-state index contributed by atoms with van der Waals surface area (Å²) in [5, 5.41) is 15.3. The van der Waals surface area contributed by atoms with E-state index in [2.05, 4.69) is 21.9 Å². The number of nitrogens with zero attached hydrogens (tertiary/aromatic N) is 3. The van der Waals surface area contributed by atoms with Gasteiger partial charge in [0.1, 0.15) is 29.5 Å². The zero-order chi connectivity index (χ0) is 41.3. The van der Waals surface area contributed by atoms with Crippen molar-refractivity contribution in [3.63, 3.8) is 0 Å². The molecule has 1 saturated heterocycles. The van der Waals surface area contributed by atoms with Crippen LogP contribution in [0, 0.1) is 29.6 Å². The topological polar surface area (TPSA) is 185 Å². The lowest BCUT2D eigenvalue weighted by atomic mass is 9.86. The molecule has 15 heteroatoms. The summed E-state index contributed by atoms with van der Waals surface area (Å²) in [5.41, 5.74) is -1.54. The number of hydrogen-bond donors (Lipinski definition) is 3. The minimum absolute atomic E-state index is 0.0212. The van der Waals surface area contributed by atoms with Gasteiger partial charge in [0, 0.05) is 30.0 Å². The molecule has 14 nitrogen and oxygen atoms in total. The summed E-state index contributed by atoms with van der Waals surface area (Å²) >= 11 is 0. The molecular formula is C43H57N5O9S. The first-order valence-corrected chi connectivity index (χ1v) is 22.6. The van der Waals surface area contributed by atoms with Crippen LogP contribution in [0.25, 0.3) is 10.8 Å². The van der Waals surface area contributed by atoms with Gasteiger partial charge in [-0.15, -0.1) is 0 Å². The van der Waals surface area contributed by atoms with E-state index in [0.29, 0.717) is 67.4 Å². The highest BCUT2D eigenvalue weighted by Crippen LogP contribution is 2.54. The van der Waals surface area contributed by atoms with Crippen molar-refractivity contribution in [2.45, 2.75) is 139 Å². The number of carbonyl (C=O) groups excluding carboxylic acids is 3. The fraction of sp³-hybridized carbons (Fsp3) is 0.651. The van der Waals surface area contributed by atoms with Crippen molar-refractivity contribution in [2.24, 2.45) is 29.6 Å². The van der Waals surface area contributed by atoms with Crippen molar-refractivity contribution in [1.29, 1.82) is 0 Å². The second-order valence-corrected chi connectivity index (χ2v) is 20.8. The van der Waals surface area contributed by atoms with Crippen LogP contribution in [0.5, 0.6) is 11.6 Å². The predicted octanol–water partition coefficient (Wildman–Crippen LogP) is 5.40. The van der Waals surface area contributed by atoms with Crippen LogP contribution in [0.1, 0.15) is 98.8 Å². The highest BCUT2D eigenvalue weighted by atomic mass is 32.2. The van der Waals surface area contributed by atoms with Gasteiger partial charge < -0.3 is 24.8 Å². The Labute approximate surface area is 340 Å². The number of nitrogens with one attached hydrogen (secondary N) is 2. The summed E-state index contributed by atoms with van der Waals surface area (Å²) in [6, 6.07) is 4.94. The summed E-state index contributed by atoms with van der Waals surface area (Å²) in [7, 11) is -4.01. The van der Waals surface area contributed by atoms with Crippen molar-refractivity contribution in [3.05, 3.63) is 42.6 Å². The number of hydrogen-bond acceptors (Lipinski definition) is 9. The lowest BCUT2D eigenvalue weighted by Crippen LogP contribution is -2.61. The first-order valence-electron chi connectivity index (χ1n) is 21.1. The van der Waals surface area contributed by atoms with E-state index >= 15 is 4.79 Å². The van der Waals surface area contributed by atoms with Crippen LogP contribution < -0.4 is 19.5 Å². The molecule has 3 heterocycles. The third-order valence-electron chi connectivity index (χ3n) is 13.7. The average molecular weight is 820 g/mol. The van der Waals surface area contributed by atoms with Gasteiger partial charge in [0.15, 0.2) is 0 Å². The Morgan fingerprint density at radius 1 is 1.07 bits per heavy atom. The second kappa shape index (κ2) is 15.0. The van der Waals surface area contributed by atoms with E-state index in [4.69, 9.17) is 9.47 Å². The maximum atomic E-state index is 15.3. The third-order valence-corrected chi connectivity index (χ3v) is 15.8. The quantitative estimate of drug-likeness (QED) is 0.277. The summed E-state index contributed by atoms with van der Waals surface area (Å²) in [6.45, 7) is 9.50. The zero-order valence-corrected chi connectivity index (χ0v) is 34.9. The molecule has 58 heavy (non-hydrogen) atoms. The molecule has 314 valence electrons. The Morgan fingerprint density at radius 3 is 2.50 bits per heavy atom. The number of rotatable bonds is 9. The molecular weight excluding hydrogens is 763 g/mol. The van der Waals surface area contributed by atoms with Crippen molar-refractivity contribution >= 4 is 44.6 Å². The summed E-state index contributed by atoms with van der Waals surface area (Å²) in [5.74, 6) is -0.641. The molecule has 0 bridgehead atoms. The number of pyridine rings is 1. The third kappa shape index (κ3) is 7.75. The highest BCUT2D eigenvalue weighted by Gasteiger charge is 2.63. The number of ether oxygens (including phenoxy) is 2. The van der Waals surface area contributed by atoms with Crippen LogP contribution >= 0.6 is 0 Å². The molecule has 1 aromatic heterocycles. The largest absolute Gasteiger partial charge is 0.491 e. The molecule has 4 aliphatic carbocycles. The molecule has 0 radical (unpaired) electrons. The Bertz CT molecular complexity index is 2110. The molecule has 0 spiro atoms. The molecule has 5 fully saturated rings. The molecule has 2 aliphatic heterocycles. The molecule has 4 amide bonds. The van der Waals surface area contributed by atoms with Gasteiger partial charge in [-0.1, -0.05) is 26.0 Å².